The second-order valence-corrected chi connectivity index (χ2v) is 5.04. The van der Waals surface area contributed by atoms with E-state index in [0.717, 1.165) is 11.3 Å². The molecule has 2 rings (SSSR count). The minimum absolute atomic E-state index is 0.197. The molecule has 4 N–H and O–H groups in total. The van der Waals surface area contributed by atoms with Crippen LogP contribution in [0.15, 0.2) is 29.6 Å². The molecular weight excluding hydrogens is 276 g/mol. The summed E-state index contributed by atoms with van der Waals surface area (Å²) in [6.07, 6.45) is 0. The van der Waals surface area contributed by atoms with Gasteiger partial charge in [-0.25, -0.2) is 4.98 Å². The Hall–Kier alpha value is -2.41. The fraction of sp³-hybridized carbons (Fsp3) is 0.154. The van der Waals surface area contributed by atoms with Gasteiger partial charge in [-0.3, -0.25) is 9.59 Å². The number of aryl methyl sites for hydroxylation is 1. The van der Waals surface area contributed by atoms with Crippen molar-refractivity contribution < 1.29 is 9.59 Å². The molecule has 0 saturated carbocycles. The van der Waals surface area contributed by atoms with Crippen molar-refractivity contribution in [2.24, 2.45) is 5.73 Å². The Bertz CT molecular complexity index is 639. The summed E-state index contributed by atoms with van der Waals surface area (Å²) in [6.45, 7) is 1.80. The standard InChI is InChI=1S/C13H14N4O2S/c1-8-3-2-4-9(5-8)16-13-17-10(7-20-13)12(19)15-6-11(14)18/h2-5,7H,6H2,1H3,(H2,14,18)(H,15,19)(H,16,17). The fourth-order valence-corrected chi connectivity index (χ4v) is 2.25. The predicted octanol–water partition coefficient (Wildman–Crippen LogP) is 1.41. The quantitative estimate of drug-likeness (QED) is 0.775. The zero-order valence-electron chi connectivity index (χ0n) is 10.8. The Morgan fingerprint density at radius 2 is 2.20 bits per heavy atom. The maximum absolute atomic E-state index is 11.7. The van der Waals surface area contributed by atoms with E-state index in [2.05, 4.69) is 15.6 Å². The first kappa shape index (κ1) is 14.0. The SMILES string of the molecule is Cc1cccc(Nc2nc(C(=O)NCC(N)=O)cs2)c1. The summed E-state index contributed by atoms with van der Waals surface area (Å²) in [7, 11) is 0. The van der Waals surface area contributed by atoms with Crippen molar-refractivity contribution in [2.45, 2.75) is 6.92 Å². The van der Waals surface area contributed by atoms with Crippen LogP contribution < -0.4 is 16.4 Å². The van der Waals surface area contributed by atoms with Crippen molar-refractivity contribution in [2.75, 3.05) is 11.9 Å². The van der Waals surface area contributed by atoms with Crippen LogP contribution in [0.2, 0.25) is 0 Å². The number of anilines is 2. The summed E-state index contributed by atoms with van der Waals surface area (Å²) < 4.78 is 0. The Labute approximate surface area is 120 Å². The first-order valence-corrected chi connectivity index (χ1v) is 6.78. The second kappa shape index (κ2) is 6.16. The summed E-state index contributed by atoms with van der Waals surface area (Å²) in [5, 5.41) is 7.74. The highest BCUT2D eigenvalue weighted by atomic mass is 32.1. The van der Waals surface area contributed by atoms with Gasteiger partial charge in [0, 0.05) is 11.1 Å². The van der Waals surface area contributed by atoms with Gasteiger partial charge in [0.2, 0.25) is 5.91 Å². The maximum atomic E-state index is 11.7. The highest BCUT2D eigenvalue weighted by Gasteiger charge is 2.11. The smallest absolute Gasteiger partial charge is 0.271 e. The number of hydrogen-bond donors (Lipinski definition) is 3. The number of nitrogens with zero attached hydrogens (tertiary/aromatic N) is 1. The van der Waals surface area contributed by atoms with E-state index in [1.54, 1.807) is 5.38 Å². The van der Waals surface area contributed by atoms with Crippen LogP contribution in [0, 0.1) is 6.92 Å². The van der Waals surface area contributed by atoms with Crippen molar-refractivity contribution in [1.29, 1.82) is 0 Å². The molecular formula is C13H14N4O2S. The van der Waals surface area contributed by atoms with Crippen LogP contribution in [-0.2, 0) is 4.79 Å². The second-order valence-electron chi connectivity index (χ2n) is 4.18. The minimum Gasteiger partial charge on any atom is -0.368 e. The van der Waals surface area contributed by atoms with Crippen LogP contribution in [0.1, 0.15) is 16.1 Å². The third-order valence-electron chi connectivity index (χ3n) is 2.43. The van der Waals surface area contributed by atoms with Crippen LogP contribution in [-0.4, -0.2) is 23.3 Å². The molecule has 0 bridgehead atoms. The summed E-state index contributed by atoms with van der Waals surface area (Å²) in [5.41, 5.74) is 7.25. The van der Waals surface area contributed by atoms with Crippen molar-refractivity contribution >= 4 is 34.0 Å². The Morgan fingerprint density at radius 3 is 2.90 bits per heavy atom. The summed E-state index contributed by atoms with van der Waals surface area (Å²) in [4.78, 5) is 26.4. The molecule has 0 fully saturated rings. The van der Waals surface area contributed by atoms with Gasteiger partial charge in [-0.2, -0.15) is 0 Å². The van der Waals surface area contributed by atoms with E-state index in [4.69, 9.17) is 5.73 Å². The number of thiazole rings is 1. The van der Waals surface area contributed by atoms with Gasteiger partial charge in [0.25, 0.3) is 5.91 Å². The van der Waals surface area contributed by atoms with E-state index in [-0.39, 0.29) is 12.2 Å². The largest absolute Gasteiger partial charge is 0.368 e. The number of carbonyl (C=O) groups excluding carboxylic acids is 2. The van der Waals surface area contributed by atoms with Gasteiger partial charge in [0.1, 0.15) is 5.69 Å². The lowest BCUT2D eigenvalue weighted by Gasteiger charge is -2.03. The molecule has 2 amide bonds. The molecule has 0 aliphatic carbocycles. The van der Waals surface area contributed by atoms with Gasteiger partial charge in [-0.15, -0.1) is 11.3 Å². The Balaban J connectivity index is 2.02. The summed E-state index contributed by atoms with van der Waals surface area (Å²) in [6, 6.07) is 7.83. The highest BCUT2D eigenvalue weighted by Crippen LogP contribution is 2.21. The molecule has 1 aromatic carbocycles. The lowest BCUT2D eigenvalue weighted by atomic mass is 10.2. The molecule has 1 heterocycles. The number of primary amides is 1. The van der Waals surface area contributed by atoms with Gasteiger partial charge >= 0.3 is 0 Å². The van der Waals surface area contributed by atoms with Crippen molar-refractivity contribution in [3.8, 4) is 0 Å². The molecule has 0 spiro atoms. The average molecular weight is 290 g/mol. The number of nitrogens with one attached hydrogen (secondary N) is 2. The molecule has 0 aliphatic rings. The molecule has 0 unspecified atom stereocenters. The van der Waals surface area contributed by atoms with E-state index in [1.165, 1.54) is 11.3 Å². The van der Waals surface area contributed by atoms with Crippen LogP contribution in [0.5, 0.6) is 0 Å². The van der Waals surface area contributed by atoms with E-state index >= 15 is 0 Å². The van der Waals surface area contributed by atoms with E-state index in [0.29, 0.717) is 5.13 Å². The normalized spacial score (nSPS) is 10.1. The molecule has 20 heavy (non-hydrogen) atoms. The number of carbonyl (C=O) groups is 2. The van der Waals surface area contributed by atoms with Gasteiger partial charge < -0.3 is 16.4 Å². The number of amides is 2. The number of benzene rings is 1. The third kappa shape index (κ3) is 3.79. The molecule has 0 radical (unpaired) electrons. The summed E-state index contributed by atoms with van der Waals surface area (Å²) >= 11 is 1.31. The van der Waals surface area contributed by atoms with E-state index < -0.39 is 11.8 Å². The monoisotopic (exact) mass is 290 g/mol. The topological polar surface area (TPSA) is 97.1 Å². The van der Waals surface area contributed by atoms with Crippen LogP contribution in [0.3, 0.4) is 0 Å². The molecule has 0 saturated heterocycles. The van der Waals surface area contributed by atoms with Crippen molar-refractivity contribution in [3.05, 3.63) is 40.9 Å². The zero-order valence-corrected chi connectivity index (χ0v) is 11.7. The number of hydrogen-bond acceptors (Lipinski definition) is 5. The zero-order chi connectivity index (χ0) is 14.5. The van der Waals surface area contributed by atoms with E-state index in [1.807, 2.05) is 31.2 Å². The predicted molar refractivity (Wildman–Crippen MR) is 78.1 cm³/mol. The lowest BCUT2D eigenvalue weighted by molar-refractivity contribution is -0.117. The molecule has 2 aromatic rings. The Morgan fingerprint density at radius 1 is 1.40 bits per heavy atom. The number of nitrogens with two attached hydrogens (primary N) is 1. The highest BCUT2D eigenvalue weighted by molar-refractivity contribution is 7.14. The van der Waals surface area contributed by atoms with Crippen molar-refractivity contribution in [1.82, 2.24) is 10.3 Å². The summed E-state index contributed by atoms with van der Waals surface area (Å²) in [5.74, 6) is -1.01. The number of aromatic nitrogens is 1. The average Bonchev–Trinajstić information content (AvgIpc) is 2.84. The van der Waals surface area contributed by atoms with Crippen molar-refractivity contribution in [3.63, 3.8) is 0 Å². The first-order chi connectivity index (χ1) is 9.54. The van der Waals surface area contributed by atoms with Gasteiger partial charge in [-0.05, 0) is 24.6 Å². The van der Waals surface area contributed by atoms with Gasteiger partial charge in [0.05, 0.1) is 6.54 Å². The van der Waals surface area contributed by atoms with E-state index in [9.17, 15) is 9.59 Å². The molecule has 6 nitrogen and oxygen atoms in total. The van der Waals surface area contributed by atoms with Crippen LogP contribution in [0.25, 0.3) is 0 Å². The van der Waals surface area contributed by atoms with Crippen LogP contribution >= 0.6 is 11.3 Å². The molecule has 104 valence electrons. The minimum atomic E-state index is -0.591. The third-order valence-corrected chi connectivity index (χ3v) is 3.19. The van der Waals surface area contributed by atoms with Gasteiger partial charge in [-0.1, -0.05) is 12.1 Å². The molecule has 1 aromatic heterocycles. The molecule has 7 heteroatoms. The lowest BCUT2D eigenvalue weighted by Crippen LogP contribution is -2.33. The Kier molecular flexibility index (Phi) is 4.31. The first-order valence-electron chi connectivity index (χ1n) is 5.90. The fourth-order valence-electron chi connectivity index (χ4n) is 1.54. The maximum Gasteiger partial charge on any atom is 0.271 e. The molecule has 0 aliphatic heterocycles. The van der Waals surface area contributed by atoms with Gasteiger partial charge in [0.15, 0.2) is 5.13 Å². The molecule has 0 atom stereocenters. The number of rotatable bonds is 5. The van der Waals surface area contributed by atoms with Crippen LogP contribution in [0.4, 0.5) is 10.8 Å².